The predicted molar refractivity (Wildman–Crippen MR) is 152 cm³/mol. The van der Waals surface area contributed by atoms with E-state index in [1.807, 2.05) is 0 Å². The first-order chi connectivity index (χ1) is 17.6. The molecular formula is C25H15Cl4IN2O5. The number of methoxy groups -OCH3 is 1. The zero-order chi connectivity index (χ0) is 26.9. The summed E-state index contributed by atoms with van der Waals surface area (Å²) in [5.74, 6) is -0.843. The van der Waals surface area contributed by atoms with Crippen LogP contribution in [0.25, 0.3) is 6.08 Å². The van der Waals surface area contributed by atoms with Crippen molar-refractivity contribution in [3.8, 4) is 11.5 Å². The lowest BCUT2D eigenvalue weighted by Crippen LogP contribution is -2.54. The third-order valence-corrected chi connectivity index (χ3v) is 7.34. The Morgan fingerprint density at radius 1 is 0.946 bits per heavy atom. The minimum Gasteiger partial charge on any atom is -0.493 e. The minimum absolute atomic E-state index is 0.150. The quantitative estimate of drug-likeness (QED) is 0.169. The second kappa shape index (κ2) is 11.5. The van der Waals surface area contributed by atoms with Gasteiger partial charge in [0, 0.05) is 15.6 Å². The fourth-order valence-electron chi connectivity index (χ4n) is 3.43. The largest absolute Gasteiger partial charge is 0.493 e. The molecule has 3 aromatic carbocycles. The number of carbonyl (C=O) groups is 3. The topological polar surface area (TPSA) is 84.9 Å². The molecule has 0 aromatic heterocycles. The summed E-state index contributed by atoms with van der Waals surface area (Å²) in [6.07, 6.45) is 1.36. The van der Waals surface area contributed by atoms with E-state index < -0.39 is 17.8 Å². The average molecular weight is 692 g/mol. The summed E-state index contributed by atoms with van der Waals surface area (Å²) in [6.45, 7) is 0.157. The van der Waals surface area contributed by atoms with Crippen LogP contribution in [0.3, 0.4) is 0 Å². The molecule has 0 aliphatic carbocycles. The van der Waals surface area contributed by atoms with Crippen LogP contribution in [0, 0.1) is 3.57 Å². The number of ether oxygens (including phenoxy) is 2. The van der Waals surface area contributed by atoms with Crippen LogP contribution in [0.5, 0.6) is 11.5 Å². The summed E-state index contributed by atoms with van der Waals surface area (Å²) in [7, 11) is 1.47. The van der Waals surface area contributed by atoms with Gasteiger partial charge in [-0.2, -0.15) is 0 Å². The number of halogens is 5. The van der Waals surface area contributed by atoms with Gasteiger partial charge in [-0.1, -0.05) is 52.5 Å². The molecule has 0 bridgehead atoms. The average Bonchev–Trinajstić information content (AvgIpc) is 2.84. The maximum absolute atomic E-state index is 13.2. The van der Waals surface area contributed by atoms with E-state index in [9.17, 15) is 14.4 Å². The van der Waals surface area contributed by atoms with Crippen molar-refractivity contribution < 1.29 is 23.9 Å². The van der Waals surface area contributed by atoms with Crippen LogP contribution in [0.15, 0.2) is 54.1 Å². The number of hydrogen-bond donors (Lipinski definition) is 1. The Morgan fingerprint density at radius 3 is 2.38 bits per heavy atom. The van der Waals surface area contributed by atoms with Crippen LogP contribution in [0.1, 0.15) is 11.1 Å². The third-order valence-electron chi connectivity index (χ3n) is 5.21. The monoisotopic (exact) mass is 690 g/mol. The molecule has 3 aromatic rings. The number of nitrogens with zero attached hydrogens (tertiary/aromatic N) is 1. The van der Waals surface area contributed by atoms with Crippen LogP contribution in [0.4, 0.5) is 10.5 Å². The molecule has 12 heteroatoms. The van der Waals surface area contributed by atoms with Gasteiger partial charge >= 0.3 is 6.03 Å². The molecule has 1 aliphatic rings. The molecule has 4 amide bonds. The van der Waals surface area contributed by atoms with Crippen molar-refractivity contribution in [2.45, 2.75) is 6.61 Å². The normalized spacial score (nSPS) is 14.7. The van der Waals surface area contributed by atoms with Crippen molar-refractivity contribution in [2.24, 2.45) is 0 Å². The standard InChI is InChI=1S/C25H15Cl4IN2O5/c1-36-21-8-12(7-20(30)22(21)37-11-13-2-3-14(26)9-18(13)28)6-16-23(33)31-25(35)32(24(16)34)15-4-5-17(27)19(29)10-15/h2-10H,11H2,1H3,(H,31,33,35)/b16-6+. The van der Waals surface area contributed by atoms with Gasteiger partial charge in [0.25, 0.3) is 11.8 Å². The Balaban J connectivity index is 1.65. The first-order valence-corrected chi connectivity index (χ1v) is 13.0. The Kier molecular flexibility index (Phi) is 8.55. The molecule has 0 atom stereocenters. The number of hydrogen-bond acceptors (Lipinski definition) is 5. The number of urea groups is 1. The SMILES string of the molecule is COc1cc(/C=C2\C(=O)NC(=O)N(c3ccc(Cl)c(Cl)c3)C2=O)cc(I)c1OCc1ccc(Cl)cc1Cl. The van der Waals surface area contributed by atoms with Gasteiger partial charge in [0.05, 0.1) is 26.4 Å². The van der Waals surface area contributed by atoms with Gasteiger partial charge in [-0.25, -0.2) is 9.69 Å². The van der Waals surface area contributed by atoms with Gasteiger partial charge in [-0.3, -0.25) is 14.9 Å². The number of barbiturate groups is 1. The lowest BCUT2D eigenvalue weighted by atomic mass is 10.1. The molecule has 0 saturated carbocycles. The molecule has 0 spiro atoms. The molecule has 0 unspecified atom stereocenters. The zero-order valence-corrected chi connectivity index (χ0v) is 24.0. The second-order valence-corrected chi connectivity index (χ2v) is 10.4. The number of benzene rings is 3. The van der Waals surface area contributed by atoms with Crippen molar-refractivity contribution in [2.75, 3.05) is 12.0 Å². The molecule has 1 fully saturated rings. The van der Waals surface area contributed by atoms with Crippen LogP contribution in [0.2, 0.25) is 20.1 Å². The van der Waals surface area contributed by atoms with E-state index >= 15 is 0 Å². The van der Waals surface area contributed by atoms with Crippen molar-refractivity contribution in [1.82, 2.24) is 5.32 Å². The maximum Gasteiger partial charge on any atom is 0.335 e. The molecule has 7 nitrogen and oxygen atoms in total. The predicted octanol–water partition coefficient (Wildman–Crippen LogP) is 7.16. The van der Waals surface area contributed by atoms with E-state index in [2.05, 4.69) is 27.9 Å². The fraction of sp³-hybridized carbons (Fsp3) is 0.0800. The van der Waals surface area contributed by atoms with Crippen molar-refractivity contribution in [1.29, 1.82) is 0 Å². The highest BCUT2D eigenvalue weighted by atomic mass is 127. The summed E-state index contributed by atoms with van der Waals surface area (Å²) in [5, 5.41) is 3.55. The highest BCUT2D eigenvalue weighted by molar-refractivity contribution is 14.1. The molecule has 0 radical (unpaired) electrons. The lowest BCUT2D eigenvalue weighted by molar-refractivity contribution is -0.122. The van der Waals surface area contributed by atoms with Crippen molar-refractivity contribution in [3.63, 3.8) is 0 Å². The second-order valence-electron chi connectivity index (χ2n) is 7.61. The van der Waals surface area contributed by atoms with Crippen LogP contribution in [-0.4, -0.2) is 25.0 Å². The summed E-state index contributed by atoms with van der Waals surface area (Å²) in [6, 6.07) is 11.8. The molecule has 1 heterocycles. The zero-order valence-electron chi connectivity index (χ0n) is 18.8. The van der Waals surface area contributed by atoms with E-state index in [0.29, 0.717) is 30.7 Å². The maximum atomic E-state index is 13.2. The minimum atomic E-state index is -0.901. The first kappa shape index (κ1) is 27.5. The molecule has 1 N–H and O–H groups in total. The summed E-state index contributed by atoms with van der Waals surface area (Å²) < 4.78 is 12.1. The Bertz CT molecular complexity index is 1480. The Hall–Kier alpha value is -2.50. The highest BCUT2D eigenvalue weighted by Crippen LogP contribution is 2.36. The van der Waals surface area contributed by atoms with Gasteiger partial charge in [-0.15, -0.1) is 0 Å². The number of imide groups is 2. The number of anilines is 1. The van der Waals surface area contributed by atoms with E-state index in [0.717, 1.165) is 10.5 Å². The highest BCUT2D eigenvalue weighted by Gasteiger charge is 2.37. The van der Waals surface area contributed by atoms with Gasteiger partial charge < -0.3 is 9.47 Å². The number of carbonyl (C=O) groups excluding carboxylic acids is 3. The van der Waals surface area contributed by atoms with E-state index in [4.69, 9.17) is 55.9 Å². The molecular weight excluding hydrogens is 677 g/mol. The fourth-order valence-corrected chi connectivity index (χ4v) is 4.97. The smallest absolute Gasteiger partial charge is 0.335 e. The van der Waals surface area contributed by atoms with Gasteiger partial charge in [0.2, 0.25) is 0 Å². The molecule has 4 rings (SSSR count). The number of nitrogens with one attached hydrogen (secondary N) is 1. The van der Waals surface area contributed by atoms with Crippen LogP contribution >= 0.6 is 69.0 Å². The summed E-state index contributed by atoms with van der Waals surface area (Å²) >= 11 is 26.2. The van der Waals surface area contributed by atoms with Crippen molar-refractivity contribution in [3.05, 3.63) is 88.9 Å². The summed E-state index contributed by atoms with van der Waals surface area (Å²) in [5.41, 5.74) is 1.10. The molecule has 1 saturated heterocycles. The Morgan fingerprint density at radius 2 is 1.70 bits per heavy atom. The number of rotatable bonds is 6. The Labute approximate surface area is 245 Å². The van der Waals surface area contributed by atoms with E-state index in [1.54, 1.807) is 30.3 Å². The lowest BCUT2D eigenvalue weighted by Gasteiger charge is -2.26. The summed E-state index contributed by atoms with van der Waals surface area (Å²) in [4.78, 5) is 39.0. The van der Waals surface area contributed by atoms with Gasteiger partial charge in [-0.05, 0) is 76.7 Å². The van der Waals surface area contributed by atoms with E-state index in [-0.39, 0.29) is 27.9 Å². The van der Waals surface area contributed by atoms with Crippen molar-refractivity contribution >= 4 is 98.6 Å². The molecule has 1 aliphatic heterocycles. The third kappa shape index (κ3) is 5.99. The number of amides is 4. The van der Waals surface area contributed by atoms with E-state index in [1.165, 1.54) is 31.4 Å². The van der Waals surface area contributed by atoms with Crippen LogP contribution in [-0.2, 0) is 16.2 Å². The molecule has 37 heavy (non-hydrogen) atoms. The van der Waals surface area contributed by atoms with Crippen LogP contribution < -0.4 is 19.7 Å². The first-order valence-electron chi connectivity index (χ1n) is 10.4. The molecule has 190 valence electrons. The van der Waals surface area contributed by atoms with Gasteiger partial charge in [0.15, 0.2) is 11.5 Å². The van der Waals surface area contributed by atoms with Gasteiger partial charge in [0.1, 0.15) is 12.2 Å².